The van der Waals surface area contributed by atoms with E-state index < -0.39 is 5.97 Å². The summed E-state index contributed by atoms with van der Waals surface area (Å²) in [5.41, 5.74) is 0.123. The fraction of sp³-hybridized carbons (Fsp3) is 0.955. The van der Waals surface area contributed by atoms with Crippen molar-refractivity contribution in [1.29, 1.82) is 0 Å². The Morgan fingerprint density at radius 1 is 0.960 bits per heavy atom. The van der Waals surface area contributed by atoms with E-state index in [-0.39, 0.29) is 11.5 Å². The summed E-state index contributed by atoms with van der Waals surface area (Å²) in [6.07, 6.45) is 13.9. The van der Waals surface area contributed by atoms with Gasteiger partial charge in [-0.05, 0) is 51.1 Å². The van der Waals surface area contributed by atoms with Gasteiger partial charge in [0.1, 0.15) is 0 Å². The lowest BCUT2D eigenvalue weighted by molar-refractivity contribution is -0.153. The lowest BCUT2D eigenvalue weighted by Gasteiger charge is -2.55. The van der Waals surface area contributed by atoms with Gasteiger partial charge >= 0.3 is 5.97 Å². The van der Waals surface area contributed by atoms with Gasteiger partial charge in [-0.2, -0.15) is 0 Å². The maximum absolute atomic E-state index is 12.1. The Morgan fingerprint density at radius 2 is 1.52 bits per heavy atom. The number of rotatable bonds is 13. The highest BCUT2D eigenvalue weighted by molar-refractivity contribution is 5.70. The van der Waals surface area contributed by atoms with Crippen LogP contribution in [0.2, 0.25) is 0 Å². The average molecular weight is 354 g/mol. The molecule has 148 valence electrons. The fourth-order valence-electron chi connectivity index (χ4n) is 4.98. The summed E-state index contributed by atoms with van der Waals surface area (Å²) in [6.45, 7) is 11.2. The Kier molecular flexibility index (Phi) is 10.7. The molecule has 1 aliphatic heterocycles. The van der Waals surface area contributed by atoms with Crippen LogP contribution in [-0.4, -0.2) is 34.6 Å². The minimum Gasteiger partial charge on any atom is -0.481 e. The van der Waals surface area contributed by atoms with Gasteiger partial charge in [0.05, 0.1) is 5.92 Å². The first-order chi connectivity index (χ1) is 12.1. The predicted octanol–water partition coefficient (Wildman–Crippen LogP) is 6.12. The van der Waals surface area contributed by atoms with Crippen molar-refractivity contribution in [3.63, 3.8) is 0 Å². The Labute approximate surface area is 156 Å². The first kappa shape index (κ1) is 22.5. The SMILES string of the molecule is CCCCC1C(C(=O)O)CCN(CCCC)C1(CCCC)CCCC. The zero-order chi connectivity index (χ0) is 18.7. The number of aliphatic carboxylic acids is 1. The molecule has 0 amide bonds. The molecule has 2 unspecified atom stereocenters. The van der Waals surface area contributed by atoms with E-state index in [2.05, 4.69) is 32.6 Å². The molecule has 0 aromatic heterocycles. The van der Waals surface area contributed by atoms with Crippen LogP contribution in [0.25, 0.3) is 0 Å². The van der Waals surface area contributed by atoms with E-state index in [4.69, 9.17) is 0 Å². The minimum absolute atomic E-state index is 0.123. The molecule has 0 saturated carbocycles. The molecule has 3 heteroatoms. The Bertz CT molecular complexity index is 361. The number of likely N-dealkylation sites (tertiary alicyclic amines) is 1. The quantitative estimate of drug-likeness (QED) is 0.434. The highest BCUT2D eigenvalue weighted by atomic mass is 16.4. The summed E-state index contributed by atoms with van der Waals surface area (Å²) in [7, 11) is 0. The Balaban J connectivity index is 3.21. The largest absolute Gasteiger partial charge is 0.481 e. The topological polar surface area (TPSA) is 40.5 Å². The van der Waals surface area contributed by atoms with E-state index >= 15 is 0 Å². The van der Waals surface area contributed by atoms with Gasteiger partial charge in [-0.1, -0.05) is 72.6 Å². The molecule has 1 aliphatic rings. The van der Waals surface area contributed by atoms with Gasteiger partial charge in [0.25, 0.3) is 0 Å². The molecule has 2 atom stereocenters. The highest BCUT2D eigenvalue weighted by Crippen LogP contribution is 2.47. The third-order valence-electron chi connectivity index (χ3n) is 6.41. The minimum atomic E-state index is -0.548. The third-order valence-corrected chi connectivity index (χ3v) is 6.41. The molecule has 0 aliphatic carbocycles. The molecule has 0 radical (unpaired) electrons. The van der Waals surface area contributed by atoms with Crippen molar-refractivity contribution < 1.29 is 9.90 Å². The maximum atomic E-state index is 12.1. The number of unbranched alkanes of at least 4 members (excludes halogenated alkanes) is 4. The van der Waals surface area contributed by atoms with Crippen LogP contribution in [0.1, 0.15) is 105 Å². The summed E-state index contributed by atoms with van der Waals surface area (Å²) < 4.78 is 0. The molecule has 1 N–H and O–H groups in total. The second-order valence-electron chi connectivity index (χ2n) is 8.13. The standard InChI is InChI=1S/C22H43NO2/c1-5-9-13-20-19(21(24)25)14-18-23(17-12-8-4)22(20,15-10-6-2)16-11-7-3/h19-20H,5-18H2,1-4H3,(H,24,25). The Morgan fingerprint density at radius 3 is 2.00 bits per heavy atom. The molecular formula is C22H43NO2. The molecule has 0 aromatic carbocycles. The predicted molar refractivity (Wildman–Crippen MR) is 107 cm³/mol. The summed E-state index contributed by atoms with van der Waals surface area (Å²) >= 11 is 0. The van der Waals surface area contributed by atoms with Crippen LogP contribution in [0.5, 0.6) is 0 Å². The molecule has 0 bridgehead atoms. The van der Waals surface area contributed by atoms with Crippen molar-refractivity contribution in [3.8, 4) is 0 Å². The van der Waals surface area contributed by atoms with E-state index in [1.165, 1.54) is 51.4 Å². The van der Waals surface area contributed by atoms with E-state index in [0.717, 1.165) is 38.8 Å². The first-order valence-corrected chi connectivity index (χ1v) is 11.0. The van der Waals surface area contributed by atoms with Gasteiger partial charge in [-0.25, -0.2) is 0 Å². The highest BCUT2D eigenvalue weighted by Gasteiger charge is 2.50. The van der Waals surface area contributed by atoms with Crippen LogP contribution < -0.4 is 0 Å². The van der Waals surface area contributed by atoms with Crippen molar-refractivity contribution in [1.82, 2.24) is 4.90 Å². The fourth-order valence-corrected chi connectivity index (χ4v) is 4.98. The molecule has 25 heavy (non-hydrogen) atoms. The lowest BCUT2D eigenvalue weighted by atomic mass is 9.64. The summed E-state index contributed by atoms with van der Waals surface area (Å²) in [4.78, 5) is 14.8. The summed E-state index contributed by atoms with van der Waals surface area (Å²) in [5.74, 6) is -0.361. The van der Waals surface area contributed by atoms with Crippen molar-refractivity contribution in [2.75, 3.05) is 13.1 Å². The van der Waals surface area contributed by atoms with Crippen molar-refractivity contribution >= 4 is 5.97 Å². The van der Waals surface area contributed by atoms with Crippen LogP contribution in [0, 0.1) is 11.8 Å². The molecular weight excluding hydrogens is 310 g/mol. The number of hydrogen-bond donors (Lipinski definition) is 1. The van der Waals surface area contributed by atoms with Crippen LogP contribution >= 0.6 is 0 Å². The van der Waals surface area contributed by atoms with Crippen LogP contribution in [-0.2, 0) is 4.79 Å². The van der Waals surface area contributed by atoms with Crippen LogP contribution in [0.3, 0.4) is 0 Å². The number of carboxylic acids is 1. The van der Waals surface area contributed by atoms with Gasteiger partial charge < -0.3 is 5.11 Å². The van der Waals surface area contributed by atoms with E-state index in [1.807, 2.05) is 0 Å². The molecule has 1 saturated heterocycles. The smallest absolute Gasteiger partial charge is 0.306 e. The van der Waals surface area contributed by atoms with Gasteiger partial charge in [0.15, 0.2) is 0 Å². The summed E-state index contributed by atoms with van der Waals surface area (Å²) in [6, 6.07) is 0. The Hall–Kier alpha value is -0.570. The average Bonchev–Trinajstić information content (AvgIpc) is 2.61. The van der Waals surface area contributed by atoms with E-state index in [1.54, 1.807) is 0 Å². The van der Waals surface area contributed by atoms with E-state index in [0.29, 0.717) is 5.92 Å². The third kappa shape index (κ3) is 5.98. The summed E-state index contributed by atoms with van der Waals surface area (Å²) in [5, 5.41) is 9.93. The normalized spacial score (nSPS) is 23.7. The first-order valence-electron chi connectivity index (χ1n) is 11.0. The second kappa shape index (κ2) is 11.9. The monoisotopic (exact) mass is 353 g/mol. The van der Waals surface area contributed by atoms with Gasteiger partial charge in [0, 0.05) is 5.54 Å². The molecule has 1 rings (SSSR count). The zero-order valence-corrected chi connectivity index (χ0v) is 17.4. The molecule has 1 fully saturated rings. The second-order valence-corrected chi connectivity index (χ2v) is 8.13. The molecule has 3 nitrogen and oxygen atoms in total. The van der Waals surface area contributed by atoms with Crippen molar-refractivity contribution in [2.45, 2.75) is 110 Å². The van der Waals surface area contributed by atoms with E-state index in [9.17, 15) is 9.90 Å². The zero-order valence-electron chi connectivity index (χ0n) is 17.4. The lowest BCUT2D eigenvalue weighted by Crippen LogP contribution is -2.61. The van der Waals surface area contributed by atoms with Crippen molar-refractivity contribution in [2.24, 2.45) is 11.8 Å². The van der Waals surface area contributed by atoms with Gasteiger partial charge in [0.2, 0.25) is 0 Å². The van der Waals surface area contributed by atoms with Crippen molar-refractivity contribution in [3.05, 3.63) is 0 Å². The number of carboxylic acid groups (broad SMARTS) is 1. The molecule has 0 spiro atoms. The number of piperidine rings is 1. The maximum Gasteiger partial charge on any atom is 0.306 e. The van der Waals surface area contributed by atoms with Crippen LogP contribution in [0.15, 0.2) is 0 Å². The van der Waals surface area contributed by atoms with Gasteiger partial charge in [-0.3, -0.25) is 9.69 Å². The molecule has 0 aromatic rings. The van der Waals surface area contributed by atoms with Crippen LogP contribution in [0.4, 0.5) is 0 Å². The van der Waals surface area contributed by atoms with Gasteiger partial charge in [-0.15, -0.1) is 0 Å². The number of nitrogens with zero attached hydrogens (tertiary/aromatic N) is 1. The number of carbonyl (C=O) groups is 1. The molecule has 1 heterocycles. The number of hydrogen-bond acceptors (Lipinski definition) is 2.